The largest absolute Gasteiger partial charge is 0.258 e. The lowest BCUT2D eigenvalue weighted by molar-refractivity contribution is 0.252. The minimum absolute atomic E-state index is 0.170. The summed E-state index contributed by atoms with van der Waals surface area (Å²) in [6.07, 6.45) is 4.07. The van der Waals surface area contributed by atoms with Gasteiger partial charge in [-0.2, -0.15) is 5.10 Å². The first-order chi connectivity index (χ1) is 7.49. The fourth-order valence-corrected chi connectivity index (χ4v) is 3.83. The van der Waals surface area contributed by atoms with Crippen molar-refractivity contribution < 1.29 is 8.42 Å². The molecule has 1 aliphatic rings. The van der Waals surface area contributed by atoms with Gasteiger partial charge in [0.25, 0.3) is 10.0 Å². The highest BCUT2D eigenvalue weighted by Gasteiger charge is 2.40. The zero-order valence-electron chi connectivity index (χ0n) is 8.98. The number of nitrogens with one attached hydrogen (secondary N) is 1. The Labute approximate surface area is 99.8 Å². The summed E-state index contributed by atoms with van der Waals surface area (Å²) in [4.78, 5) is 0. The predicted octanol–water partition coefficient (Wildman–Crippen LogP) is 0.860. The number of hydrogen-bond acceptors (Lipinski definition) is 3. The van der Waals surface area contributed by atoms with Crippen molar-refractivity contribution in [2.45, 2.75) is 29.8 Å². The molecule has 1 fully saturated rings. The molecule has 1 saturated carbocycles. The molecule has 1 aliphatic carbocycles. The van der Waals surface area contributed by atoms with E-state index in [0.717, 1.165) is 19.3 Å². The van der Waals surface area contributed by atoms with E-state index in [1.54, 1.807) is 7.05 Å². The Kier molecular flexibility index (Phi) is 2.98. The molecule has 2 rings (SSSR count). The number of sulfonamides is 1. The number of nitrogens with zero attached hydrogens (tertiary/aromatic N) is 2. The fourth-order valence-electron chi connectivity index (χ4n) is 1.83. The van der Waals surface area contributed by atoms with E-state index >= 15 is 0 Å². The van der Waals surface area contributed by atoms with Crippen LogP contribution in [0.2, 0.25) is 0 Å². The van der Waals surface area contributed by atoms with Crippen LogP contribution in [0.4, 0.5) is 0 Å². The molecule has 0 amide bonds. The van der Waals surface area contributed by atoms with Gasteiger partial charge in [-0.3, -0.25) is 4.68 Å². The maximum absolute atomic E-state index is 12.1. The maximum Gasteiger partial charge on any atom is 0.258 e. The number of alkyl halides is 1. The average Bonchev–Trinajstić information content (AvgIpc) is 2.59. The van der Waals surface area contributed by atoms with Crippen molar-refractivity contribution in [1.82, 2.24) is 14.5 Å². The molecule has 90 valence electrons. The van der Waals surface area contributed by atoms with E-state index in [9.17, 15) is 8.42 Å². The third-order valence-electron chi connectivity index (χ3n) is 2.97. The molecule has 0 unspecified atom stereocenters. The van der Waals surface area contributed by atoms with Crippen LogP contribution < -0.4 is 4.72 Å². The summed E-state index contributed by atoms with van der Waals surface area (Å²) in [6, 6.07) is 1.48. The molecule has 16 heavy (non-hydrogen) atoms. The molecule has 0 atom stereocenters. The lowest BCUT2D eigenvalue weighted by Crippen LogP contribution is -2.55. The third-order valence-corrected chi connectivity index (χ3v) is 5.13. The fraction of sp³-hybridized carbons (Fsp3) is 0.667. The van der Waals surface area contributed by atoms with Gasteiger partial charge in [0.05, 0.1) is 6.20 Å². The van der Waals surface area contributed by atoms with Crippen molar-refractivity contribution in [2.24, 2.45) is 7.05 Å². The number of aryl methyl sites for hydroxylation is 1. The van der Waals surface area contributed by atoms with Gasteiger partial charge in [-0.05, 0) is 25.3 Å². The Morgan fingerprint density at radius 1 is 1.62 bits per heavy atom. The van der Waals surface area contributed by atoms with Gasteiger partial charge >= 0.3 is 0 Å². The highest BCUT2D eigenvalue weighted by Crippen LogP contribution is 2.34. The summed E-state index contributed by atoms with van der Waals surface area (Å²) in [6.45, 7) is 0. The van der Waals surface area contributed by atoms with Gasteiger partial charge < -0.3 is 0 Å². The van der Waals surface area contributed by atoms with Crippen molar-refractivity contribution in [3.05, 3.63) is 12.3 Å². The van der Waals surface area contributed by atoms with Crippen LogP contribution in [0.15, 0.2) is 17.3 Å². The molecule has 5 nitrogen and oxygen atoms in total. The molecular weight excluding hydrogens is 250 g/mol. The number of aromatic nitrogens is 2. The summed E-state index contributed by atoms with van der Waals surface area (Å²) in [5.41, 5.74) is -0.454. The van der Waals surface area contributed by atoms with Crippen LogP contribution in [0.1, 0.15) is 19.3 Å². The van der Waals surface area contributed by atoms with E-state index in [1.807, 2.05) is 0 Å². The molecule has 0 aliphatic heterocycles. The smallest absolute Gasteiger partial charge is 0.256 e. The zero-order valence-corrected chi connectivity index (χ0v) is 10.6. The Morgan fingerprint density at radius 2 is 2.31 bits per heavy atom. The molecular formula is C9H14ClN3O2S. The molecule has 0 radical (unpaired) electrons. The second-order valence-corrected chi connectivity index (χ2v) is 6.06. The van der Waals surface area contributed by atoms with E-state index in [2.05, 4.69) is 9.82 Å². The molecule has 0 saturated heterocycles. The lowest BCUT2D eigenvalue weighted by atomic mass is 9.79. The van der Waals surface area contributed by atoms with Crippen LogP contribution in [0.25, 0.3) is 0 Å². The van der Waals surface area contributed by atoms with Crippen LogP contribution in [-0.2, 0) is 17.1 Å². The van der Waals surface area contributed by atoms with E-state index in [0.29, 0.717) is 5.88 Å². The van der Waals surface area contributed by atoms with E-state index in [4.69, 9.17) is 11.6 Å². The van der Waals surface area contributed by atoms with Crippen molar-refractivity contribution >= 4 is 21.6 Å². The van der Waals surface area contributed by atoms with Crippen LogP contribution in [0.3, 0.4) is 0 Å². The molecule has 1 N–H and O–H groups in total. The van der Waals surface area contributed by atoms with E-state index in [1.165, 1.54) is 16.9 Å². The van der Waals surface area contributed by atoms with Gasteiger partial charge in [-0.15, -0.1) is 11.6 Å². The lowest BCUT2D eigenvalue weighted by Gasteiger charge is -2.40. The zero-order chi connectivity index (χ0) is 11.8. The quantitative estimate of drug-likeness (QED) is 0.820. The summed E-state index contributed by atoms with van der Waals surface area (Å²) in [7, 11) is -1.91. The average molecular weight is 264 g/mol. The number of hydrogen-bond donors (Lipinski definition) is 1. The van der Waals surface area contributed by atoms with Crippen LogP contribution >= 0.6 is 11.6 Å². The second-order valence-electron chi connectivity index (χ2n) is 4.17. The maximum atomic E-state index is 12.1. The molecule has 1 aromatic heterocycles. The molecule has 0 bridgehead atoms. The summed E-state index contributed by atoms with van der Waals surface area (Å²) in [5.74, 6) is 0.310. The minimum atomic E-state index is -3.51. The van der Waals surface area contributed by atoms with Crippen LogP contribution in [-0.4, -0.2) is 29.6 Å². The van der Waals surface area contributed by atoms with Crippen molar-refractivity contribution in [2.75, 3.05) is 5.88 Å². The first kappa shape index (κ1) is 11.9. The van der Waals surface area contributed by atoms with Gasteiger partial charge in [0.1, 0.15) is 0 Å². The predicted molar refractivity (Wildman–Crippen MR) is 60.8 cm³/mol. The second kappa shape index (κ2) is 4.01. The standard InChI is InChI=1S/C9H14ClN3O2S/c1-13-8(3-6-11-13)16(14,15)12-9(7-10)4-2-5-9/h3,6,12H,2,4-5,7H2,1H3. The molecule has 0 aromatic carbocycles. The monoisotopic (exact) mass is 263 g/mol. The van der Waals surface area contributed by atoms with Crippen LogP contribution in [0.5, 0.6) is 0 Å². The Bertz CT molecular complexity index is 473. The Morgan fingerprint density at radius 3 is 2.69 bits per heavy atom. The molecule has 0 spiro atoms. The minimum Gasteiger partial charge on any atom is -0.256 e. The van der Waals surface area contributed by atoms with Gasteiger partial charge in [-0.1, -0.05) is 0 Å². The summed E-state index contributed by atoms with van der Waals surface area (Å²) >= 11 is 5.82. The third kappa shape index (κ3) is 1.97. The Balaban J connectivity index is 2.24. The van der Waals surface area contributed by atoms with E-state index < -0.39 is 15.6 Å². The summed E-state index contributed by atoms with van der Waals surface area (Å²) < 4.78 is 28.1. The number of halogens is 1. The first-order valence-electron chi connectivity index (χ1n) is 5.07. The van der Waals surface area contributed by atoms with Crippen molar-refractivity contribution in [3.8, 4) is 0 Å². The molecule has 1 aromatic rings. The molecule has 7 heteroatoms. The first-order valence-corrected chi connectivity index (χ1v) is 7.09. The normalized spacial score (nSPS) is 19.4. The topological polar surface area (TPSA) is 64.0 Å². The van der Waals surface area contributed by atoms with Gasteiger partial charge in [0, 0.05) is 18.5 Å². The van der Waals surface area contributed by atoms with Gasteiger partial charge in [-0.25, -0.2) is 13.1 Å². The van der Waals surface area contributed by atoms with Gasteiger partial charge in [0.2, 0.25) is 0 Å². The van der Waals surface area contributed by atoms with Crippen molar-refractivity contribution in [3.63, 3.8) is 0 Å². The highest BCUT2D eigenvalue weighted by molar-refractivity contribution is 7.89. The van der Waals surface area contributed by atoms with Crippen molar-refractivity contribution in [1.29, 1.82) is 0 Å². The SMILES string of the molecule is Cn1nccc1S(=O)(=O)NC1(CCl)CCC1. The van der Waals surface area contributed by atoms with E-state index in [-0.39, 0.29) is 5.03 Å². The molecule has 1 heterocycles. The van der Waals surface area contributed by atoms with Gasteiger partial charge in [0.15, 0.2) is 5.03 Å². The van der Waals surface area contributed by atoms with Crippen LogP contribution in [0, 0.1) is 0 Å². The summed E-state index contributed by atoms with van der Waals surface area (Å²) in [5, 5.41) is 4.02. The Hall–Kier alpha value is -0.590. The highest BCUT2D eigenvalue weighted by atomic mass is 35.5. The number of rotatable bonds is 4.